The summed E-state index contributed by atoms with van der Waals surface area (Å²) in [6.07, 6.45) is 5.34. The van der Waals surface area contributed by atoms with E-state index in [1.165, 1.54) is 0 Å². The standard InChI is InChI=1S/C14H29NO2/c1-5-7-13(8-6-2)15-10-12(14(16)17)9-11(3)4/h11-13,15H,5-10H2,1-4H3,(H,16,17). The first kappa shape index (κ1) is 16.4. The number of hydrogen-bond acceptors (Lipinski definition) is 2. The van der Waals surface area contributed by atoms with Gasteiger partial charge >= 0.3 is 5.97 Å². The molecule has 3 heteroatoms. The Labute approximate surface area is 106 Å². The van der Waals surface area contributed by atoms with Crippen LogP contribution in [0.5, 0.6) is 0 Å². The molecule has 0 saturated heterocycles. The van der Waals surface area contributed by atoms with Crippen molar-refractivity contribution in [1.82, 2.24) is 5.32 Å². The van der Waals surface area contributed by atoms with E-state index in [4.69, 9.17) is 5.11 Å². The second kappa shape index (κ2) is 9.46. The second-order valence-electron chi connectivity index (χ2n) is 5.35. The van der Waals surface area contributed by atoms with E-state index in [0.717, 1.165) is 32.1 Å². The molecule has 0 fully saturated rings. The van der Waals surface area contributed by atoms with Crippen LogP contribution < -0.4 is 5.32 Å². The number of aliphatic carboxylic acids is 1. The number of carboxylic acids is 1. The van der Waals surface area contributed by atoms with E-state index in [1.54, 1.807) is 0 Å². The van der Waals surface area contributed by atoms with Gasteiger partial charge in [-0.1, -0.05) is 40.5 Å². The van der Waals surface area contributed by atoms with Gasteiger partial charge in [-0.15, -0.1) is 0 Å². The molecular weight excluding hydrogens is 214 g/mol. The van der Waals surface area contributed by atoms with E-state index in [9.17, 15) is 4.79 Å². The number of nitrogens with one attached hydrogen (secondary N) is 1. The van der Waals surface area contributed by atoms with Crippen LogP contribution in [-0.4, -0.2) is 23.7 Å². The van der Waals surface area contributed by atoms with Crippen LogP contribution in [0.3, 0.4) is 0 Å². The molecule has 0 aromatic rings. The lowest BCUT2D eigenvalue weighted by Crippen LogP contribution is -2.36. The molecule has 0 radical (unpaired) electrons. The summed E-state index contributed by atoms with van der Waals surface area (Å²) in [4.78, 5) is 11.1. The molecule has 0 aliphatic heterocycles. The highest BCUT2D eigenvalue weighted by Crippen LogP contribution is 2.12. The predicted octanol–water partition coefficient (Wildman–Crippen LogP) is 3.29. The summed E-state index contributed by atoms with van der Waals surface area (Å²) in [5, 5.41) is 12.6. The number of carboxylic acid groups (broad SMARTS) is 1. The van der Waals surface area contributed by atoms with Crippen LogP contribution in [0.15, 0.2) is 0 Å². The summed E-state index contributed by atoms with van der Waals surface area (Å²) in [6.45, 7) is 9.11. The fourth-order valence-corrected chi connectivity index (χ4v) is 2.19. The highest BCUT2D eigenvalue weighted by molar-refractivity contribution is 5.70. The van der Waals surface area contributed by atoms with Crippen LogP contribution >= 0.6 is 0 Å². The highest BCUT2D eigenvalue weighted by Gasteiger charge is 2.19. The van der Waals surface area contributed by atoms with Crippen molar-refractivity contribution in [2.24, 2.45) is 11.8 Å². The van der Waals surface area contributed by atoms with Crippen molar-refractivity contribution in [2.75, 3.05) is 6.54 Å². The quantitative estimate of drug-likeness (QED) is 0.619. The molecule has 2 N–H and O–H groups in total. The fraction of sp³-hybridized carbons (Fsp3) is 0.929. The van der Waals surface area contributed by atoms with Crippen LogP contribution in [0.2, 0.25) is 0 Å². The Bertz CT molecular complexity index is 198. The third kappa shape index (κ3) is 8.19. The molecule has 0 aromatic carbocycles. The minimum absolute atomic E-state index is 0.244. The second-order valence-corrected chi connectivity index (χ2v) is 5.35. The predicted molar refractivity (Wildman–Crippen MR) is 72.2 cm³/mol. The first-order valence-corrected chi connectivity index (χ1v) is 6.97. The average molecular weight is 243 g/mol. The molecule has 0 aliphatic rings. The van der Waals surface area contributed by atoms with Gasteiger partial charge in [0, 0.05) is 12.6 Å². The molecule has 17 heavy (non-hydrogen) atoms. The normalized spacial score (nSPS) is 13.3. The van der Waals surface area contributed by atoms with Crippen molar-refractivity contribution in [3.8, 4) is 0 Å². The van der Waals surface area contributed by atoms with Gasteiger partial charge in [0.2, 0.25) is 0 Å². The zero-order chi connectivity index (χ0) is 13.3. The van der Waals surface area contributed by atoms with Gasteiger partial charge in [0.05, 0.1) is 5.92 Å². The Morgan fingerprint density at radius 3 is 2.06 bits per heavy atom. The molecule has 1 unspecified atom stereocenters. The van der Waals surface area contributed by atoms with Crippen LogP contribution in [0.1, 0.15) is 59.8 Å². The molecule has 0 rings (SSSR count). The molecule has 0 bridgehead atoms. The van der Waals surface area contributed by atoms with E-state index in [2.05, 4.69) is 33.0 Å². The van der Waals surface area contributed by atoms with Crippen molar-refractivity contribution < 1.29 is 9.90 Å². The van der Waals surface area contributed by atoms with Gasteiger partial charge < -0.3 is 10.4 Å². The molecule has 0 saturated carbocycles. The summed E-state index contributed by atoms with van der Waals surface area (Å²) >= 11 is 0. The first-order chi connectivity index (χ1) is 8.01. The fourth-order valence-electron chi connectivity index (χ4n) is 2.19. The highest BCUT2D eigenvalue weighted by atomic mass is 16.4. The van der Waals surface area contributed by atoms with Crippen LogP contribution in [0.4, 0.5) is 0 Å². The summed E-state index contributed by atoms with van der Waals surface area (Å²) < 4.78 is 0. The maximum absolute atomic E-state index is 11.1. The monoisotopic (exact) mass is 243 g/mol. The molecule has 1 atom stereocenters. The first-order valence-electron chi connectivity index (χ1n) is 6.97. The lowest BCUT2D eigenvalue weighted by molar-refractivity contribution is -0.142. The van der Waals surface area contributed by atoms with Crippen molar-refractivity contribution >= 4 is 5.97 Å². The minimum atomic E-state index is -0.669. The summed E-state index contributed by atoms with van der Waals surface area (Å²) in [6, 6.07) is 0.485. The largest absolute Gasteiger partial charge is 0.481 e. The number of rotatable bonds is 10. The molecule has 0 amide bonds. The third-order valence-corrected chi connectivity index (χ3v) is 3.03. The van der Waals surface area contributed by atoms with Gasteiger partial charge in [-0.25, -0.2) is 0 Å². The van der Waals surface area contributed by atoms with Gasteiger partial charge in [-0.3, -0.25) is 4.79 Å². The molecule has 0 heterocycles. The van der Waals surface area contributed by atoms with Crippen molar-refractivity contribution in [3.63, 3.8) is 0 Å². The van der Waals surface area contributed by atoms with E-state index in [1.807, 2.05) is 0 Å². The van der Waals surface area contributed by atoms with Crippen molar-refractivity contribution in [2.45, 2.75) is 65.8 Å². The van der Waals surface area contributed by atoms with Crippen molar-refractivity contribution in [3.05, 3.63) is 0 Å². The molecule has 102 valence electrons. The van der Waals surface area contributed by atoms with E-state index in [-0.39, 0.29) is 5.92 Å². The van der Waals surface area contributed by atoms with Crippen molar-refractivity contribution in [1.29, 1.82) is 0 Å². The SMILES string of the molecule is CCCC(CCC)NCC(CC(C)C)C(=O)O. The van der Waals surface area contributed by atoms with E-state index < -0.39 is 5.97 Å². The van der Waals surface area contributed by atoms with Gasteiger partial charge in [-0.2, -0.15) is 0 Å². The van der Waals surface area contributed by atoms with Gasteiger partial charge in [0.1, 0.15) is 0 Å². The maximum atomic E-state index is 11.1. The molecule has 3 nitrogen and oxygen atoms in total. The molecule has 0 aliphatic carbocycles. The number of carbonyl (C=O) groups is 1. The lowest BCUT2D eigenvalue weighted by Gasteiger charge is -2.21. The summed E-state index contributed by atoms with van der Waals surface area (Å²) in [7, 11) is 0. The van der Waals surface area contributed by atoms with Gasteiger partial charge in [0.25, 0.3) is 0 Å². The third-order valence-electron chi connectivity index (χ3n) is 3.03. The zero-order valence-corrected chi connectivity index (χ0v) is 11.8. The molecule has 0 spiro atoms. The van der Waals surface area contributed by atoms with Crippen LogP contribution in [0.25, 0.3) is 0 Å². The molecular formula is C14H29NO2. The Balaban J connectivity index is 4.11. The molecule has 0 aromatic heterocycles. The minimum Gasteiger partial charge on any atom is -0.481 e. The summed E-state index contributed by atoms with van der Waals surface area (Å²) in [5.41, 5.74) is 0. The maximum Gasteiger partial charge on any atom is 0.307 e. The average Bonchev–Trinajstić information content (AvgIpc) is 2.23. The zero-order valence-electron chi connectivity index (χ0n) is 11.8. The Kier molecular flexibility index (Phi) is 9.14. The lowest BCUT2D eigenvalue weighted by atomic mass is 9.96. The summed E-state index contributed by atoms with van der Waals surface area (Å²) in [5.74, 6) is -0.474. The number of hydrogen-bond donors (Lipinski definition) is 2. The van der Waals surface area contributed by atoms with Gasteiger partial charge in [-0.05, 0) is 25.2 Å². The van der Waals surface area contributed by atoms with E-state index >= 15 is 0 Å². The van der Waals surface area contributed by atoms with Crippen LogP contribution in [-0.2, 0) is 4.79 Å². The Morgan fingerprint density at radius 2 is 1.71 bits per heavy atom. The Morgan fingerprint density at radius 1 is 1.18 bits per heavy atom. The van der Waals surface area contributed by atoms with E-state index in [0.29, 0.717) is 18.5 Å². The Hall–Kier alpha value is -0.570. The smallest absolute Gasteiger partial charge is 0.307 e. The topological polar surface area (TPSA) is 49.3 Å². The van der Waals surface area contributed by atoms with Crippen LogP contribution in [0, 0.1) is 11.8 Å². The van der Waals surface area contributed by atoms with Gasteiger partial charge in [0.15, 0.2) is 0 Å².